The summed E-state index contributed by atoms with van der Waals surface area (Å²) in [6, 6.07) is 7.62. The van der Waals surface area contributed by atoms with Crippen molar-refractivity contribution in [2.75, 3.05) is 32.1 Å². The van der Waals surface area contributed by atoms with Crippen LogP contribution in [0.3, 0.4) is 0 Å². The summed E-state index contributed by atoms with van der Waals surface area (Å²) in [7, 11) is 1.62. The lowest BCUT2D eigenvalue weighted by Gasteiger charge is -2.42. The Kier molecular flexibility index (Phi) is 5.42. The van der Waals surface area contributed by atoms with Crippen LogP contribution >= 0.6 is 0 Å². The molecule has 2 rings (SSSR count). The van der Waals surface area contributed by atoms with Crippen LogP contribution in [-0.2, 0) is 4.79 Å². The summed E-state index contributed by atoms with van der Waals surface area (Å²) in [6.45, 7) is 7.09. The molecule has 0 aliphatic carbocycles. The maximum Gasteiger partial charge on any atom is 0.225 e. The van der Waals surface area contributed by atoms with Gasteiger partial charge in [0.05, 0.1) is 7.11 Å². The Morgan fingerprint density at radius 1 is 1.41 bits per heavy atom. The van der Waals surface area contributed by atoms with Crippen molar-refractivity contribution >= 4 is 11.6 Å². The van der Waals surface area contributed by atoms with Gasteiger partial charge in [-0.3, -0.25) is 4.79 Å². The summed E-state index contributed by atoms with van der Waals surface area (Å²) in [5.74, 6) is 0.822. The highest BCUT2D eigenvalue weighted by molar-refractivity contribution is 5.90. The Bertz CT molecular complexity index is 499. The van der Waals surface area contributed by atoms with Gasteiger partial charge >= 0.3 is 0 Å². The van der Waals surface area contributed by atoms with Crippen LogP contribution in [0.1, 0.15) is 26.7 Å². The highest BCUT2D eigenvalue weighted by atomic mass is 16.5. The van der Waals surface area contributed by atoms with E-state index in [2.05, 4.69) is 24.1 Å². The molecule has 1 saturated heterocycles. The largest absolute Gasteiger partial charge is 0.497 e. The number of carbonyl (C=O) groups is 1. The molecule has 5 nitrogen and oxygen atoms in total. The molecule has 1 aliphatic heterocycles. The second kappa shape index (κ2) is 7.11. The summed E-state index contributed by atoms with van der Waals surface area (Å²) in [6.07, 6.45) is 1.49. The van der Waals surface area contributed by atoms with Crippen molar-refractivity contribution in [3.8, 4) is 5.75 Å². The van der Waals surface area contributed by atoms with E-state index in [4.69, 9.17) is 10.5 Å². The van der Waals surface area contributed by atoms with Gasteiger partial charge in [-0.2, -0.15) is 0 Å². The highest BCUT2D eigenvalue weighted by Gasteiger charge is 2.33. The van der Waals surface area contributed by atoms with Crippen molar-refractivity contribution < 1.29 is 9.53 Å². The number of rotatable bonds is 5. The van der Waals surface area contributed by atoms with Crippen LogP contribution in [0.5, 0.6) is 5.75 Å². The van der Waals surface area contributed by atoms with E-state index in [1.54, 1.807) is 7.11 Å². The van der Waals surface area contributed by atoms with E-state index in [0.717, 1.165) is 37.5 Å². The van der Waals surface area contributed by atoms with Crippen LogP contribution < -0.4 is 15.8 Å². The zero-order chi connectivity index (χ0) is 16.2. The first-order valence-corrected chi connectivity index (χ1v) is 7.82. The van der Waals surface area contributed by atoms with Crippen LogP contribution in [-0.4, -0.2) is 43.6 Å². The first kappa shape index (κ1) is 16.8. The molecule has 0 bridgehead atoms. The van der Waals surface area contributed by atoms with E-state index in [1.807, 2.05) is 24.3 Å². The number of piperidine rings is 1. The molecule has 22 heavy (non-hydrogen) atoms. The molecule has 1 unspecified atom stereocenters. The van der Waals surface area contributed by atoms with Gasteiger partial charge in [0.25, 0.3) is 0 Å². The van der Waals surface area contributed by atoms with Gasteiger partial charge in [-0.15, -0.1) is 0 Å². The van der Waals surface area contributed by atoms with Gasteiger partial charge in [0, 0.05) is 31.2 Å². The van der Waals surface area contributed by atoms with Crippen LogP contribution in [0.25, 0.3) is 0 Å². The molecule has 1 aromatic carbocycles. The molecular weight excluding hydrogens is 278 g/mol. The molecule has 0 saturated carbocycles. The molecule has 0 spiro atoms. The van der Waals surface area contributed by atoms with Gasteiger partial charge in [-0.1, -0.05) is 13.8 Å². The molecule has 1 atom stereocenters. The van der Waals surface area contributed by atoms with Crippen molar-refractivity contribution in [2.24, 2.45) is 11.1 Å². The number of anilines is 1. The van der Waals surface area contributed by atoms with Crippen molar-refractivity contribution in [1.82, 2.24) is 4.90 Å². The van der Waals surface area contributed by atoms with E-state index in [9.17, 15) is 4.79 Å². The predicted octanol–water partition coefficient (Wildman–Crippen LogP) is 2.08. The fourth-order valence-corrected chi connectivity index (χ4v) is 2.83. The predicted molar refractivity (Wildman–Crippen MR) is 89.1 cm³/mol. The Morgan fingerprint density at radius 2 is 2.09 bits per heavy atom. The molecule has 3 N–H and O–H groups in total. The van der Waals surface area contributed by atoms with Gasteiger partial charge < -0.3 is 20.7 Å². The standard InChI is InChI=1S/C17H27N3O2/c1-17(2)12-20(10-8-15(17)18)11-9-16(21)19-13-4-6-14(22-3)7-5-13/h4-7,15H,8-12,18H2,1-3H3,(H,19,21). The van der Waals surface area contributed by atoms with Crippen LogP contribution in [0.4, 0.5) is 5.69 Å². The van der Waals surface area contributed by atoms with Gasteiger partial charge in [-0.05, 0) is 42.6 Å². The molecule has 1 amide bonds. The number of carbonyl (C=O) groups excluding carboxylic acids is 1. The van der Waals surface area contributed by atoms with E-state index in [1.165, 1.54) is 0 Å². The number of hydrogen-bond donors (Lipinski definition) is 2. The number of methoxy groups -OCH3 is 1. The summed E-state index contributed by atoms with van der Waals surface area (Å²) in [4.78, 5) is 14.4. The van der Waals surface area contributed by atoms with Crippen LogP contribution in [0.2, 0.25) is 0 Å². The molecule has 1 aromatic rings. The average Bonchev–Trinajstić information content (AvgIpc) is 2.49. The third-order valence-electron chi connectivity index (χ3n) is 4.42. The lowest BCUT2D eigenvalue weighted by molar-refractivity contribution is -0.116. The monoisotopic (exact) mass is 305 g/mol. The third-order valence-corrected chi connectivity index (χ3v) is 4.42. The quantitative estimate of drug-likeness (QED) is 0.874. The minimum Gasteiger partial charge on any atom is -0.497 e. The van der Waals surface area contributed by atoms with Gasteiger partial charge in [0.1, 0.15) is 5.75 Å². The number of benzene rings is 1. The van der Waals surface area contributed by atoms with E-state index in [-0.39, 0.29) is 17.4 Å². The number of nitrogens with one attached hydrogen (secondary N) is 1. The number of amides is 1. The van der Waals surface area contributed by atoms with Gasteiger partial charge in [0.2, 0.25) is 5.91 Å². The molecule has 1 heterocycles. The van der Waals surface area contributed by atoms with E-state index < -0.39 is 0 Å². The molecule has 122 valence electrons. The Balaban J connectivity index is 1.78. The topological polar surface area (TPSA) is 67.6 Å². The zero-order valence-corrected chi connectivity index (χ0v) is 13.8. The van der Waals surface area contributed by atoms with E-state index >= 15 is 0 Å². The Hall–Kier alpha value is -1.59. The number of nitrogens with two attached hydrogens (primary N) is 1. The number of likely N-dealkylation sites (tertiary alicyclic amines) is 1. The van der Waals surface area contributed by atoms with Crippen molar-refractivity contribution in [3.63, 3.8) is 0 Å². The molecule has 5 heteroatoms. The molecular formula is C17H27N3O2. The Morgan fingerprint density at radius 3 is 2.68 bits per heavy atom. The summed E-state index contributed by atoms with van der Waals surface area (Å²) in [5, 5.41) is 2.92. The average molecular weight is 305 g/mol. The molecule has 1 aliphatic rings. The SMILES string of the molecule is COc1ccc(NC(=O)CCN2CCC(N)C(C)(C)C2)cc1. The van der Waals surface area contributed by atoms with E-state index in [0.29, 0.717) is 6.42 Å². The lowest BCUT2D eigenvalue weighted by Crippen LogP contribution is -2.52. The number of nitrogens with zero attached hydrogens (tertiary/aromatic N) is 1. The van der Waals surface area contributed by atoms with Gasteiger partial charge in [0.15, 0.2) is 0 Å². The minimum absolute atomic E-state index is 0.0397. The summed E-state index contributed by atoms with van der Waals surface area (Å²) in [5.41, 5.74) is 7.05. The normalized spacial score (nSPS) is 21.4. The third kappa shape index (κ3) is 4.45. The second-order valence-electron chi connectivity index (χ2n) is 6.69. The van der Waals surface area contributed by atoms with Crippen molar-refractivity contribution in [3.05, 3.63) is 24.3 Å². The maximum absolute atomic E-state index is 12.0. The molecule has 1 fully saturated rings. The van der Waals surface area contributed by atoms with Gasteiger partial charge in [-0.25, -0.2) is 0 Å². The smallest absolute Gasteiger partial charge is 0.225 e. The first-order valence-electron chi connectivity index (χ1n) is 7.82. The minimum atomic E-state index is 0.0397. The van der Waals surface area contributed by atoms with Crippen molar-refractivity contribution in [1.29, 1.82) is 0 Å². The summed E-state index contributed by atoms with van der Waals surface area (Å²) < 4.78 is 5.10. The first-order chi connectivity index (χ1) is 10.4. The highest BCUT2D eigenvalue weighted by Crippen LogP contribution is 2.27. The lowest BCUT2D eigenvalue weighted by atomic mass is 9.80. The van der Waals surface area contributed by atoms with Crippen LogP contribution in [0.15, 0.2) is 24.3 Å². The second-order valence-corrected chi connectivity index (χ2v) is 6.69. The van der Waals surface area contributed by atoms with Crippen molar-refractivity contribution in [2.45, 2.75) is 32.7 Å². The number of hydrogen-bond acceptors (Lipinski definition) is 4. The van der Waals surface area contributed by atoms with Crippen LogP contribution in [0, 0.1) is 5.41 Å². The summed E-state index contributed by atoms with van der Waals surface area (Å²) >= 11 is 0. The fourth-order valence-electron chi connectivity index (χ4n) is 2.83. The molecule has 0 radical (unpaired) electrons. The maximum atomic E-state index is 12.0. The fraction of sp³-hybridized carbons (Fsp3) is 0.588. The molecule has 0 aromatic heterocycles. The Labute approximate surface area is 132 Å². The number of ether oxygens (including phenoxy) is 1. The zero-order valence-electron chi connectivity index (χ0n) is 13.8.